The summed E-state index contributed by atoms with van der Waals surface area (Å²) in [7, 11) is 0. The minimum Gasteiger partial charge on any atom is -0.508 e. The van der Waals surface area contributed by atoms with Gasteiger partial charge in [0.25, 0.3) is 0 Å². The van der Waals surface area contributed by atoms with Gasteiger partial charge in [0.2, 0.25) is 0 Å². The van der Waals surface area contributed by atoms with Crippen LogP contribution in [0.15, 0.2) is 66.7 Å². The number of alkyl halides is 1. The normalized spacial score (nSPS) is 23.1. The lowest BCUT2D eigenvalue weighted by atomic mass is 9.77. The average Bonchev–Trinajstić information content (AvgIpc) is 3.60. The number of rotatable bonds is 7. The summed E-state index contributed by atoms with van der Waals surface area (Å²) in [5.74, 6) is 2.23. The van der Waals surface area contributed by atoms with Gasteiger partial charge in [-0.2, -0.15) is 0 Å². The average molecular weight is 544 g/mol. The Kier molecular flexibility index (Phi) is 7.22. The summed E-state index contributed by atoms with van der Waals surface area (Å²) in [6, 6.07) is 20.0. The molecule has 40 heavy (non-hydrogen) atoms. The summed E-state index contributed by atoms with van der Waals surface area (Å²) in [6.07, 6.45) is 3.06. The molecule has 1 saturated carbocycles. The second-order valence-corrected chi connectivity index (χ2v) is 11.8. The van der Waals surface area contributed by atoms with E-state index < -0.39 is 11.8 Å². The molecule has 0 aromatic heterocycles. The number of nitrogens with zero attached hydrogens (tertiary/aromatic N) is 1. The number of fused-ring (bicyclic) bond motifs is 1. The molecule has 3 unspecified atom stereocenters. The van der Waals surface area contributed by atoms with Gasteiger partial charge in [0.05, 0.1) is 0 Å². The Bertz CT molecular complexity index is 1400. The number of likely N-dealkylation sites (tertiary alicyclic amines) is 1. The summed E-state index contributed by atoms with van der Waals surface area (Å²) < 4.78 is 29.6. The van der Waals surface area contributed by atoms with Gasteiger partial charge in [-0.25, -0.2) is 4.39 Å². The number of phenolic OH excluding ortho intramolecular Hbond substituents is 2. The summed E-state index contributed by atoms with van der Waals surface area (Å²) in [6.45, 7) is 7.35. The SMILES string of the molecule is CC1CCN(C(C)COc2ccc(C3Oc4ccc(O)cc4C(C4(F)CCCC4)=C3c3cccc(O)c3)cc2)C1. The number of aromatic hydroxyl groups is 2. The summed E-state index contributed by atoms with van der Waals surface area (Å²) in [5.41, 5.74) is 1.81. The van der Waals surface area contributed by atoms with Crippen LogP contribution in [0.4, 0.5) is 4.39 Å². The van der Waals surface area contributed by atoms with Crippen molar-refractivity contribution in [1.82, 2.24) is 4.90 Å². The molecule has 0 radical (unpaired) electrons. The van der Waals surface area contributed by atoms with Crippen LogP contribution in [0.5, 0.6) is 23.0 Å². The number of hydrogen-bond acceptors (Lipinski definition) is 5. The van der Waals surface area contributed by atoms with Gasteiger partial charge in [0, 0.05) is 29.3 Å². The highest BCUT2D eigenvalue weighted by Crippen LogP contribution is 2.56. The van der Waals surface area contributed by atoms with Gasteiger partial charge in [-0.3, -0.25) is 4.90 Å². The summed E-state index contributed by atoms with van der Waals surface area (Å²) in [5, 5.41) is 20.7. The molecule has 2 N–H and O–H groups in total. The molecule has 0 spiro atoms. The molecule has 2 heterocycles. The first kappa shape index (κ1) is 26.7. The lowest BCUT2D eigenvalue weighted by Gasteiger charge is -2.37. The molecule has 6 rings (SSSR count). The van der Waals surface area contributed by atoms with Gasteiger partial charge in [0.15, 0.2) is 0 Å². The molecule has 1 aliphatic carbocycles. The lowest BCUT2D eigenvalue weighted by molar-refractivity contribution is 0.169. The molecule has 2 aliphatic heterocycles. The largest absolute Gasteiger partial charge is 0.508 e. The monoisotopic (exact) mass is 543 g/mol. The molecule has 1 saturated heterocycles. The van der Waals surface area contributed by atoms with E-state index in [1.165, 1.54) is 6.42 Å². The smallest absolute Gasteiger partial charge is 0.150 e. The highest BCUT2D eigenvalue weighted by atomic mass is 19.1. The Morgan fingerprint density at radius 3 is 2.48 bits per heavy atom. The van der Waals surface area contributed by atoms with E-state index >= 15 is 4.39 Å². The number of benzene rings is 3. The zero-order chi connectivity index (χ0) is 27.9. The molecule has 0 bridgehead atoms. The van der Waals surface area contributed by atoms with E-state index in [9.17, 15) is 10.2 Å². The van der Waals surface area contributed by atoms with E-state index in [0.29, 0.717) is 53.5 Å². The molecule has 3 atom stereocenters. The van der Waals surface area contributed by atoms with Gasteiger partial charge >= 0.3 is 0 Å². The highest BCUT2D eigenvalue weighted by Gasteiger charge is 2.45. The Morgan fingerprint density at radius 1 is 1.02 bits per heavy atom. The number of phenols is 2. The standard InChI is InChI=1S/C34H38FNO4/c1-22-14-17-36(20-22)23(2)21-39-28-11-8-24(9-12-28)33-31(25-6-5-7-26(37)18-25)32(34(35)15-3-4-16-34)29-19-27(38)10-13-30(29)40-33/h5-13,18-19,22-23,33,37-38H,3-4,14-17,20-21H2,1-2H3. The topological polar surface area (TPSA) is 62.2 Å². The van der Waals surface area contributed by atoms with E-state index in [1.54, 1.807) is 36.4 Å². The third-order valence-corrected chi connectivity index (χ3v) is 8.76. The molecule has 210 valence electrons. The highest BCUT2D eigenvalue weighted by molar-refractivity contribution is 5.99. The Labute approximate surface area is 235 Å². The Morgan fingerprint density at radius 2 is 1.77 bits per heavy atom. The summed E-state index contributed by atoms with van der Waals surface area (Å²) >= 11 is 0. The van der Waals surface area contributed by atoms with Crippen LogP contribution >= 0.6 is 0 Å². The number of hydrogen-bond donors (Lipinski definition) is 2. The predicted octanol–water partition coefficient (Wildman–Crippen LogP) is 7.53. The molecule has 3 aliphatic rings. The van der Waals surface area contributed by atoms with Crippen LogP contribution in [-0.4, -0.2) is 46.5 Å². The first-order valence-electron chi connectivity index (χ1n) is 14.5. The van der Waals surface area contributed by atoms with Crippen LogP contribution in [0.3, 0.4) is 0 Å². The third-order valence-electron chi connectivity index (χ3n) is 8.76. The van der Waals surface area contributed by atoms with Gasteiger partial charge in [-0.1, -0.05) is 31.2 Å². The van der Waals surface area contributed by atoms with Crippen molar-refractivity contribution in [1.29, 1.82) is 0 Å². The molecule has 2 fully saturated rings. The molecule has 3 aromatic rings. The van der Waals surface area contributed by atoms with Gasteiger partial charge in [-0.15, -0.1) is 0 Å². The van der Waals surface area contributed by atoms with Crippen LogP contribution < -0.4 is 9.47 Å². The van der Waals surface area contributed by atoms with Crippen molar-refractivity contribution in [2.75, 3.05) is 19.7 Å². The van der Waals surface area contributed by atoms with E-state index in [4.69, 9.17) is 9.47 Å². The minimum atomic E-state index is -1.56. The lowest BCUT2D eigenvalue weighted by Crippen LogP contribution is -2.35. The second-order valence-electron chi connectivity index (χ2n) is 11.8. The maximum Gasteiger partial charge on any atom is 0.150 e. The molecule has 0 amide bonds. The zero-order valence-corrected chi connectivity index (χ0v) is 23.3. The number of ether oxygens (including phenoxy) is 2. The van der Waals surface area contributed by atoms with E-state index in [1.807, 2.05) is 30.3 Å². The number of halogens is 1. The van der Waals surface area contributed by atoms with Crippen molar-refractivity contribution in [3.63, 3.8) is 0 Å². The van der Waals surface area contributed by atoms with E-state index in [0.717, 1.165) is 43.2 Å². The van der Waals surface area contributed by atoms with Crippen molar-refractivity contribution in [3.8, 4) is 23.0 Å². The van der Waals surface area contributed by atoms with Crippen LogP contribution in [0.1, 0.15) is 68.7 Å². The molecular formula is C34H38FNO4. The van der Waals surface area contributed by atoms with Crippen LogP contribution in [0.2, 0.25) is 0 Å². The Balaban J connectivity index is 1.37. The van der Waals surface area contributed by atoms with E-state index in [-0.39, 0.29) is 11.5 Å². The van der Waals surface area contributed by atoms with Gasteiger partial charge < -0.3 is 19.7 Å². The van der Waals surface area contributed by atoms with Crippen LogP contribution in [0.25, 0.3) is 11.1 Å². The fourth-order valence-corrected chi connectivity index (χ4v) is 6.58. The Hall–Kier alpha value is -3.51. The molecule has 3 aromatic carbocycles. The van der Waals surface area contributed by atoms with Crippen molar-refractivity contribution in [3.05, 3.63) is 83.4 Å². The van der Waals surface area contributed by atoms with Crippen LogP contribution in [-0.2, 0) is 0 Å². The molecule has 6 heteroatoms. The second kappa shape index (κ2) is 10.8. The van der Waals surface area contributed by atoms with Gasteiger partial charge in [0.1, 0.15) is 41.4 Å². The first-order chi connectivity index (χ1) is 19.3. The number of allylic oxidation sites excluding steroid dienone is 1. The first-order valence-corrected chi connectivity index (χ1v) is 14.5. The molecular weight excluding hydrogens is 505 g/mol. The fourth-order valence-electron chi connectivity index (χ4n) is 6.58. The van der Waals surface area contributed by atoms with Crippen molar-refractivity contribution in [2.45, 2.75) is 63.8 Å². The zero-order valence-electron chi connectivity index (χ0n) is 23.3. The van der Waals surface area contributed by atoms with E-state index in [2.05, 4.69) is 18.7 Å². The van der Waals surface area contributed by atoms with Crippen molar-refractivity contribution < 1.29 is 24.1 Å². The minimum absolute atomic E-state index is 0.0641. The quantitative estimate of drug-likeness (QED) is 0.322. The van der Waals surface area contributed by atoms with Crippen molar-refractivity contribution >= 4 is 11.1 Å². The van der Waals surface area contributed by atoms with Crippen molar-refractivity contribution in [2.24, 2.45) is 5.92 Å². The van der Waals surface area contributed by atoms with Gasteiger partial charge in [-0.05, 0) is 105 Å². The predicted molar refractivity (Wildman–Crippen MR) is 155 cm³/mol. The summed E-state index contributed by atoms with van der Waals surface area (Å²) in [4.78, 5) is 2.48. The molecule has 5 nitrogen and oxygen atoms in total. The third kappa shape index (κ3) is 5.17. The maximum absolute atomic E-state index is 16.8. The van der Waals surface area contributed by atoms with Crippen LogP contribution in [0, 0.1) is 5.92 Å². The maximum atomic E-state index is 16.8. The fraction of sp³-hybridized carbons (Fsp3) is 0.412.